The molecular formula is C37H40N12O. The van der Waals surface area contributed by atoms with Gasteiger partial charge in [0.15, 0.2) is 0 Å². The van der Waals surface area contributed by atoms with Gasteiger partial charge in [-0.25, -0.2) is 24.0 Å². The molecule has 0 aliphatic rings. The average Bonchev–Trinajstić information content (AvgIpc) is 3.98. The molecule has 4 N–H and O–H groups in total. The van der Waals surface area contributed by atoms with Gasteiger partial charge in [0.2, 0.25) is 12.2 Å². The highest BCUT2D eigenvalue weighted by Crippen LogP contribution is 2.20. The van der Waals surface area contributed by atoms with Crippen molar-refractivity contribution in [3.8, 4) is 0 Å². The molecule has 0 aliphatic heterocycles. The Morgan fingerprint density at radius 1 is 0.740 bits per heavy atom. The van der Waals surface area contributed by atoms with Gasteiger partial charge in [-0.1, -0.05) is 56.3 Å². The van der Waals surface area contributed by atoms with Crippen LogP contribution in [0.15, 0.2) is 134 Å². The molecule has 3 aromatic carbocycles. The number of anilines is 1. The van der Waals surface area contributed by atoms with Crippen LogP contribution in [-0.2, 0) is 7.05 Å². The van der Waals surface area contributed by atoms with Gasteiger partial charge in [0, 0.05) is 49.8 Å². The van der Waals surface area contributed by atoms with E-state index in [-0.39, 0.29) is 18.2 Å². The van der Waals surface area contributed by atoms with Gasteiger partial charge >= 0.3 is 0 Å². The number of rotatable bonds is 8. The van der Waals surface area contributed by atoms with Gasteiger partial charge in [-0.05, 0) is 66.9 Å². The van der Waals surface area contributed by atoms with Gasteiger partial charge < -0.3 is 15.3 Å². The molecule has 13 heteroatoms. The standard InChI is InChI=1S/C15H13N3O.C12H17N3.C10H10N6/c1-18-13-10-6-5-9-12(13)16-15(18)17-14(19)11-7-3-2-4-8-11;1-8(2)7-9(13)12-14-10-5-3-4-6-11(10)15-12;1-4-11-14(7-1)10(15-8-2-5-12-15)16-9-3-6-13-16/h2-10H,1H3,(H,16,17,19);3-6,8-9H,7,13H2,1-2H3,(H,14,15);1-10H/t;9-;/m.1./s1. The van der Waals surface area contributed by atoms with E-state index in [9.17, 15) is 4.79 Å². The Bertz CT molecular complexity index is 2080. The van der Waals surface area contributed by atoms with Crippen LogP contribution in [0.4, 0.5) is 5.95 Å². The summed E-state index contributed by atoms with van der Waals surface area (Å²) in [6.07, 6.45) is 11.6. The second kappa shape index (κ2) is 15.7. The van der Waals surface area contributed by atoms with Crippen molar-refractivity contribution >= 4 is 33.9 Å². The molecule has 0 saturated heterocycles. The highest BCUT2D eigenvalue weighted by atomic mass is 16.1. The van der Waals surface area contributed by atoms with Gasteiger partial charge in [0.25, 0.3) is 5.91 Å². The lowest BCUT2D eigenvalue weighted by Gasteiger charge is -2.18. The number of amides is 1. The Morgan fingerprint density at radius 2 is 1.30 bits per heavy atom. The number of hydrogen-bond acceptors (Lipinski definition) is 7. The first-order chi connectivity index (χ1) is 24.4. The fourth-order valence-corrected chi connectivity index (χ4v) is 5.40. The van der Waals surface area contributed by atoms with Crippen molar-refractivity contribution < 1.29 is 4.79 Å². The molecular weight excluding hydrogens is 628 g/mol. The molecule has 1 amide bonds. The number of nitrogens with one attached hydrogen (secondary N) is 2. The first-order valence-electron chi connectivity index (χ1n) is 16.3. The number of aromatic nitrogens is 10. The maximum Gasteiger partial charge on any atom is 0.257 e. The minimum Gasteiger partial charge on any atom is -0.341 e. The number of fused-ring (bicyclic) bond motifs is 2. The van der Waals surface area contributed by atoms with E-state index < -0.39 is 0 Å². The van der Waals surface area contributed by atoms with Gasteiger partial charge in [-0.2, -0.15) is 15.3 Å². The molecule has 0 unspecified atom stereocenters. The molecule has 8 rings (SSSR count). The number of benzene rings is 3. The van der Waals surface area contributed by atoms with E-state index in [1.54, 1.807) is 44.8 Å². The van der Waals surface area contributed by atoms with E-state index in [1.807, 2.05) is 115 Å². The monoisotopic (exact) mass is 668 g/mol. The summed E-state index contributed by atoms with van der Waals surface area (Å²) in [5.74, 6) is 1.88. The number of H-pyrrole nitrogens is 1. The minimum absolute atomic E-state index is 0.0115. The Balaban J connectivity index is 0.000000131. The number of hydrogen-bond donors (Lipinski definition) is 3. The molecule has 5 heterocycles. The number of aryl methyl sites for hydroxylation is 1. The highest BCUT2D eigenvalue weighted by Gasteiger charge is 2.16. The average molecular weight is 669 g/mol. The number of carbonyl (C=O) groups is 1. The Morgan fingerprint density at radius 3 is 1.84 bits per heavy atom. The van der Waals surface area contributed by atoms with Crippen LogP contribution < -0.4 is 11.1 Å². The zero-order chi connectivity index (χ0) is 34.9. The lowest BCUT2D eigenvalue weighted by Crippen LogP contribution is -2.27. The fourth-order valence-electron chi connectivity index (χ4n) is 5.40. The largest absolute Gasteiger partial charge is 0.341 e. The smallest absolute Gasteiger partial charge is 0.257 e. The summed E-state index contributed by atoms with van der Waals surface area (Å²) in [6.45, 7) is 4.34. The second-order valence-electron chi connectivity index (χ2n) is 12.0. The minimum atomic E-state index is -0.194. The lowest BCUT2D eigenvalue weighted by molar-refractivity contribution is 0.102. The molecule has 8 aromatic rings. The lowest BCUT2D eigenvalue weighted by atomic mass is 10.0. The highest BCUT2D eigenvalue weighted by molar-refractivity contribution is 6.04. The molecule has 0 aliphatic carbocycles. The Labute approximate surface area is 289 Å². The number of aromatic amines is 1. The van der Waals surface area contributed by atoms with Crippen molar-refractivity contribution in [3.63, 3.8) is 0 Å². The summed E-state index contributed by atoms with van der Waals surface area (Å²) >= 11 is 0. The molecule has 254 valence electrons. The van der Waals surface area contributed by atoms with Crippen LogP contribution >= 0.6 is 0 Å². The third kappa shape index (κ3) is 8.02. The summed E-state index contributed by atoms with van der Waals surface area (Å²) in [7, 11) is 1.88. The van der Waals surface area contributed by atoms with E-state index in [1.165, 1.54) is 0 Å². The van der Waals surface area contributed by atoms with Crippen molar-refractivity contribution in [2.45, 2.75) is 32.6 Å². The van der Waals surface area contributed by atoms with E-state index >= 15 is 0 Å². The van der Waals surface area contributed by atoms with Gasteiger partial charge in [-0.15, -0.1) is 0 Å². The molecule has 5 aromatic heterocycles. The summed E-state index contributed by atoms with van der Waals surface area (Å²) < 4.78 is 7.25. The van der Waals surface area contributed by atoms with Gasteiger partial charge in [0.1, 0.15) is 5.82 Å². The third-order valence-electron chi connectivity index (χ3n) is 7.82. The predicted molar refractivity (Wildman–Crippen MR) is 194 cm³/mol. The van der Waals surface area contributed by atoms with E-state index in [0.29, 0.717) is 17.4 Å². The number of carbonyl (C=O) groups excluding carboxylic acids is 1. The van der Waals surface area contributed by atoms with Crippen LogP contribution in [0.2, 0.25) is 0 Å². The molecule has 0 bridgehead atoms. The van der Waals surface area contributed by atoms with E-state index in [0.717, 1.165) is 34.3 Å². The van der Waals surface area contributed by atoms with E-state index in [2.05, 4.69) is 49.4 Å². The van der Waals surface area contributed by atoms with Crippen LogP contribution in [0.5, 0.6) is 0 Å². The molecule has 50 heavy (non-hydrogen) atoms. The topological polar surface area (TPSA) is 155 Å². The zero-order valence-electron chi connectivity index (χ0n) is 28.2. The third-order valence-corrected chi connectivity index (χ3v) is 7.82. The van der Waals surface area contributed by atoms with Crippen LogP contribution in [0, 0.1) is 5.92 Å². The first-order valence-corrected chi connectivity index (χ1v) is 16.3. The van der Waals surface area contributed by atoms with Crippen molar-refractivity contribution in [2.75, 3.05) is 5.32 Å². The van der Waals surface area contributed by atoms with Crippen LogP contribution in [-0.4, -0.2) is 54.8 Å². The molecule has 0 fully saturated rings. The van der Waals surface area contributed by atoms with Crippen molar-refractivity contribution in [1.29, 1.82) is 0 Å². The van der Waals surface area contributed by atoms with Crippen molar-refractivity contribution in [2.24, 2.45) is 18.7 Å². The normalized spacial score (nSPS) is 11.6. The zero-order valence-corrected chi connectivity index (χ0v) is 28.2. The number of para-hydroxylation sites is 4. The first kappa shape index (κ1) is 33.6. The maximum absolute atomic E-state index is 12.1. The Hall–Kier alpha value is -6.34. The number of nitrogens with zero attached hydrogens (tertiary/aromatic N) is 9. The SMILES string of the molecule is CC(C)C[C@@H](N)c1nc2ccccc2[nH]1.Cn1c(NC(=O)c2ccccc2)nc2ccccc21.c1cnn(C(n2cccn2)n2cccn2)c1. The molecule has 13 nitrogen and oxygen atoms in total. The van der Waals surface area contributed by atoms with Crippen LogP contribution in [0.1, 0.15) is 48.8 Å². The van der Waals surface area contributed by atoms with Crippen molar-refractivity contribution in [1.82, 2.24) is 48.9 Å². The Kier molecular flexibility index (Phi) is 10.5. The second-order valence-corrected chi connectivity index (χ2v) is 12.0. The molecule has 1 atom stereocenters. The quantitative estimate of drug-likeness (QED) is 0.173. The maximum atomic E-state index is 12.1. The summed E-state index contributed by atoms with van der Waals surface area (Å²) in [6, 6.07) is 30.5. The predicted octanol–water partition coefficient (Wildman–Crippen LogP) is 6.26. The molecule has 0 saturated carbocycles. The van der Waals surface area contributed by atoms with Gasteiger partial charge in [0.05, 0.1) is 28.1 Å². The summed E-state index contributed by atoms with van der Waals surface area (Å²) in [5, 5.41) is 15.5. The molecule has 0 radical (unpaired) electrons. The van der Waals surface area contributed by atoms with Crippen LogP contribution in [0.25, 0.3) is 22.1 Å². The number of nitrogens with two attached hydrogens (primary N) is 1. The summed E-state index contributed by atoms with van der Waals surface area (Å²) in [4.78, 5) is 24.2. The number of imidazole rings is 2. The van der Waals surface area contributed by atoms with Crippen LogP contribution in [0.3, 0.4) is 0 Å². The van der Waals surface area contributed by atoms with Gasteiger partial charge in [-0.3, -0.25) is 10.1 Å². The molecule has 0 spiro atoms. The summed E-state index contributed by atoms with van der Waals surface area (Å²) in [5.41, 5.74) is 10.6. The van der Waals surface area contributed by atoms with E-state index in [4.69, 9.17) is 5.73 Å². The van der Waals surface area contributed by atoms with Crippen molar-refractivity contribution in [3.05, 3.63) is 146 Å². The fraction of sp³-hybridized carbons (Fsp3) is 0.189.